The van der Waals surface area contributed by atoms with E-state index >= 15 is 0 Å². The minimum Gasteiger partial charge on any atom is -0.364 e. The van der Waals surface area contributed by atoms with Crippen molar-refractivity contribution in [3.63, 3.8) is 0 Å². The molecule has 4 heteroatoms. The summed E-state index contributed by atoms with van der Waals surface area (Å²) >= 11 is 0. The lowest BCUT2D eigenvalue weighted by molar-refractivity contribution is -0.121. The number of aryl methyl sites for hydroxylation is 2. The number of nitrogens with zero attached hydrogens (tertiary/aromatic N) is 2. The summed E-state index contributed by atoms with van der Waals surface area (Å²) in [5.74, 6) is 1.90. The molecule has 2 aromatic rings. The molecule has 27 heavy (non-hydrogen) atoms. The lowest BCUT2D eigenvalue weighted by Gasteiger charge is -2.31. The quantitative estimate of drug-likeness (QED) is 0.872. The Balaban J connectivity index is 1.34. The van der Waals surface area contributed by atoms with E-state index in [1.807, 2.05) is 0 Å². The zero-order valence-corrected chi connectivity index (χ0v) is 16.4. The van der Waals surface area contributed by atoms with E-state index in [1.54, 1.807) is 0 Å². The van der Waals surface area contributed by atoms with E-state index < -0.39 is 0 Å². The highest BCUT2D eigenvalue weighted by Gasteiger charge is 2.43. The van der Waals surface area contributed by atoms with Gasteiger partial charge in [0, 0.05) is 42.3 Å². The first-order valence-corrected chi connectivity index (χ1v) is 10.4. The molecule has 1 aromatic heterocycles. The molecule has 2 bridgehead atoms. The van der Waals surface area contributed by atoms with E-state index in [0.29, 0.717) is 5.92 Å². The number of rotatable bonds is 3. The van der Waals surface area contributed by atoms with Gasteiger partial charge in [0.15, 0.2) is 0 Å². The van der Waals surface area contributed by atoms with Crippen LogP contribution in [0.2, 0.25) is 0 Å². The minimum atomic E-state index is 0.233. The maximum Gasteiger partial charge on any atom is 0.227 e. The van der Waals surface area contributed by atoms with Gasteiger partial charge in [0.1, 0.15) is 0 Å². The lowest BCUT2D eigenvalue weighted by atomic mass is 9.88. The molecule has 4 nitrogen and oxygen atoms in total. The highest BCUT2D eigenvalue weighted by Crippen LogP contribution is 2.48. The fourth-order valence-electron chi connectivity index (χ4n) is 5.64. The SMILES string of the molecule is Cc1cc(N2CCn3cccc3C2)cc(C)c1NC(=O)C1CC2CCC1C2. The number of carbonyl (C=O) groups excluding carboxylic acids is 1. The Morgan fingerprint density at radius 2 is 1.93 bits per heavy atom. The number of aromatic nitrogens is 1. The van der Waals surface area contributed by atoms with Gasteiger partial charge < -0.3 is 14.8 Å². The molecule has 2 heterocycles. The monoisotopic (exact) mass is 363 g/mol. The fraction of sp³-hybridized carbons (Fsp3) is 0.522. The molecule has 0 spiro atoms. The van der Waals surface area contributed by atoms with Gasteiger partial charge in [0.05, 0.1) is 6.54 Å². The van der Waals surface area contributed by atoms with Crippen LogP contribution < -0.4 is 10.2 Å². The lowest BCUT2D eigenvalue weighted by Crippen LogP contribution is -2.33. The second-order valence-corrected chi connectivity index (χ2v) is 8.84. The third-order valence-corrected chi connectivity index (χ3v) is 7.09. The molecular formula is C23H29N3O. The van der Waals surface area contributed by atoms with E-state index in [1.165, 1.54) is 41.8 Å². The number of amides is 1. The van der Waals surface area contributed by atoms with E-state index in [9.17, 15) is 4.79 Å². The Hall–Kier alpha value is -2.23. The Morgan fingerprint density at radius 3 is 2.63 bits per heavy atom. The summed E-state index contributed by atoms with van der Waals surface area (Å²) in [6.07, 6.45) is 7.11. The first-order valence-electron chi connectivity index (χ1n) is 10.4. The van der Waals surface area contributed by atoms with Crippen LogP contribution in [-0.4, -0.2) is 17.0 Å². The molecule has 1 amide bonds. The predicted molar refractivity (Wildman–Crippen MR) is 109 cm³/mol. The van der Waals surface area contributed by atoms with E-state index in [2.05, 4.69) is 59.1 Å². The van der Waals surface area contributed by atoms with E-state index in [4.69, 9.17) is 0 Å². The Bertz CT molecular complexity index is 860. The van der Waals surface area contributed by atoms with Gasteiger partial charge in [0.25, 0.3) is 0 Å². The number of nitrogens with one attached hydrogen (secondary N) is 1. The molecule has 2 aliphatic carbocycles. The van der Waals surface area contributed by atoms with Crippen LogP contribution in [0.15, 0.2) is 30.5 Å². The van der Waals surface area contributed by atoms with Crippen LogP contribution in [0.1, 0.15) is 42.5 Å². The van der Waals surface area contributed by atoms with E-state index in [-0.39, 0.29) is 11.8 Å². The van der Waals surface area contributed by atoms with Crippen molar-refractivity contribution in [2.45, 2.75) is 52.6 Å². The maximum atomic E-state index is 12.9. The summed E-state index contributed by atoms with van der Waals surface area (Å²) in [5, 5.41) is 3.29. The highest BCUT2D eigenvalue weighted by molar-refractivity contribution is 5.94. The van der Waals surface area contributed by atoms with Crippen LogP contribution in [0.25, 0.3) is 0 Å². The molecule has 5 rings (SSSR count). The van der Waals surface area contributed by atoms with Crippen molar-refractivity contribution in [2.75, 3.05) is 16.8 Å². The van der Waals surface area contributed by atoms with Gasteiger partial charge >= 0.3 is 0 Å². The largest absolute Gasteiger partial charge is 0.364 e. The van der Waals surface area contributed by atoms with Crippen LogP contribution in [0, 0.1) is 31.6 Å². The second-order valence-electron chi connectivity index (χ2n) is 8.84. The number of carbonyl (C=O) groups is 1. The molecule has 3 aliphatic rings. The first kappa shape index (κ1) is 16.9. The normalized spacial score (nSPS) is 26.3. The molecule has 1 aromatic carbocycles. The zero-order valence-electron chi connectivity index (χ0n) is 16.4. The van der Waals surface area contributed by atoms with Crippen LogP contribution in [0.5, 0.6) is 0 Å². The second kappa shape index (κ2) is 6.43. The third-order valence-electron chi connectivity index (χ3n) is 7.09. The average Bonchev–Trinajstić information content (AvgIpc) is 3.39. The van der Waals surface area contributed by atoms with Gasteiger partial charge in [-0.15, -0.1) is 0 Å². The Morgan fingerprint density at radius 1 is 1.11 bits per heavy atom. The summed E-state index contributed by atoms with van der Waals surface area (Å²) in [6.45, 7) is 7.25. The van der Waals surface area contributed by atoms with Crippen LogP contribution in [0.3, 0.4) is 0 Å². The predicted octanol–water partition coefficient (Wildman–Crippen LogP) is 4.50. The Labute approximate surface area is 161 Å². The summed E-state index contributed by atoms with van der Waals surface area (Å²) in [7, 11) is 0. The average molecular weight is 364 g/mol. The van der Waals surface area contributed by atoms with Crippen LogP contribution in [-0.2, 0) is 17.9 Å². The third kappa shape index (κ3) is 2.95. The molecule has 0 saturated heterocycles. The Kier molecular flexibility index (Phi) is 4.03. The van der Waals surface area contributed by atoms with Crippen molar-refractivity contribution in [3.8, 4) is 0 Å². The molecule has 1 N–H and O–H groups in total. The van der Waals surface area contributed by atoms with Crippen molar-refractivity contribution in [1.29, 1.82) is 0 Å². The van der Waals surface area contributed by atoms with Crippen LogP contribution in [0.4, 0.5) is 11.4 Å². The van der Waals surface area contributed by atoms with Crippen LogP contribution >= 0.6 is 0 Å². The molecular weight excluding hydrogens is 334 g/mol. The summed E-state index contributed by atoms with van der Waals surface area (Å²) in [4.78, 5) is 15.3. The van der Waals surface area contributed by atoms with Gasteiger partial charge in [-0.25, -0.2) is 0 Å². The molecule has 2 fully saturated rings. The van der Waals surface area contributed by atoms with Gasteiger partial charge in [-0.1, -0.05) is 6.42 Å². The number of anilines is 2. The van der Waals surface area contributed by atoms with E-state index in [0.717, 1.165) is 37.7 Å². The first-order chi connectivity index (χ1) is 13.1. The number of hydrogen-bond donors (Lipinski definition) is 1. The summed E-state index contributed by atoms with van der Waals surface area (Å²) in [6, 6.07) is 8.81. The minimum absolute atomic E-state index is 0.233. The van der Waals surface area contributed by atoms with Crippen molar-refractivity contribution >= 4 is 17.3 Å². The maximum absolute atomic E-state index is 12.9. The zero-order chi connectivity index (χ0) is 18.5. The molecule has 142 valence electrons. The number of fused-ring (bicyclic) bond motifs is 3. The highest BCUT2D eigenvalue weighted by atomic mass is 16.1. The van der Waals surface area contributed by atoms with Gasteiger partial charge in [-0.3, -0.25) is 4.79 Å². The van der Waals surface area contributed by atoms with Gasteiger partial charge in [-0.05, 0) is 80.3 Å². The standard InChI is InChI=1S/C23H29N3O/c1-15-10-20(26-9-8-25-7-3-4-19(25)14-26)11-16(2)22(15)24-23(27)21-13-17-5-6-18(21)12-17/h3-4,7,10-11,17-18,21H,5-6,8-9,12-14H2,1-2H3,(H,24,27). The summed E-state index contributed by atoms with van der Waals surface area (Å²) < 4.78 is 2.33. The molecule has 2 saturated carbocycles. The number of benzene rings is 1. The molecule has 0 radical (unpaired) electrons. The molecule has 3 unspecified atom stereocenters. The van der Waals surface area contributed by atoms with Crippen molar-refractivity contribution < 1.29 is 4.79 Å². The van der Waals surface area contributed by atoms with Crippen molar-refractivity contribution in [2.24, 2.45) is 17.8 Å². The fourth-order valence-corrected chi connectivity index (χ4v) is 5.64. The molecule has 3 atom stereocenters. The number of hydrogen-bond acceptors (Lipinski definition) is 2. The van der Waals surface area contributed by atoms with Gasteiger partial charge in [-0.2, -0.15) is 0 Å². The van der Waals surface area contributed by atoms with Gasteiger partial charge in [0.2, 0.25) is 5.91 Å². The summed E-state index contributed by atoms with van der Waals surface area (Å²) in [5.41, 5.74) is 5.98. The molecule has 1 aliphatic heterocycles. The topological polar surface area (TPSA) is 37.3 Å². The van der Waals surface area contributed by atoms with Crippen molar-refractivity contribution in [3.05, 3.63) is 47.3 Å². The smallest absolute Gasteiger partial charge is 0.227 e. The van der Waals surface area contributed by atoms with Crippen molar-refractivity contribution in [1.82, 2.24) is 4.57 Å².